The van der Waals surface area contributed by atoms with Gasteiger partial charge in [0.2, 0.25) is 0 Å². The number of halogens is 1. The van der Waals surface area contributed by atoms with E-state index in [1.807, 2.05) is 0 Å². The number of carbonyl (C=O) groups excluding carboxylic acids is 3. The van der Waals surface area contributed by atoms with Gasteiger partial charge in [-0.2, -0.15) is 0 Å². The van der Waals surface area contributed by atoms with E-state index in [4.69, 9.17) is 11.6 Å². The van der Waals surface area contributed by atoms with Crippen LogP contribution < -0.4 is 15.7 Å². The molecule has 0 saturated carbocycles. The molecule has 0 saturated heterocycles. The van der Waals surface area contributed by atoms with E-state index in [9.17, 15) is 29.6 Å². The van der Waals surface area contributed by atoms with Crippen LogP contribution in [-0.4, -0.2) is 29.3 Å². The Morgan fingerprint density at radius 2 is 1.82 bits per heavy atom. The molecule has 144 valence electrons. The van der Waals surface area contributed by atoms with Gasteiger partial charge in [0.15, 0.2) is 0 Å². The maximum atomic E-state index is 12.4. The first-order valence-corrected chi connectivity index (χ1v) is 8.16. The predicted molar refractivity (Wildman–Crippen MR) is 98.0 cm³/mol. The molecule has 0 aliphatic rings. The van der Waals surface area contributed by atoms with Crippen LogP contribution in [-0.2, 0) is 9.59 Å². The fraction of sp³-hybridized carbons (Fsp3) is 0.0556. The van der Waals surface area contributed by atoms with Crippen molar-refractivity contribution >= 4 is 41.1 Å². The van der Waals surface area contributed by atoms with E-state index in [1.165, 1.54) is 42.5 Å². The first kappa shape index (κ1) is 20.6. The summed E-state index contributed by atoms with van der Waals surface area (Å²) in [6, 6.07) is 11.4. The van der Waals surface area contributed by atoms with Gasteiger partial charge in [0.1, 0.15) is 5.70 Å². The number of hydrogen-bond acceptors (Lipinski definition) is 6. The average Bonchev–Trinajstić information content (AvgIpc) is 2.66. The van der Waals surface area contributed by atoms with Crippen molar-refractivity contribution in [3.8, 4) is 0 Å². The molecule has 9 nitrogen and oxygen atoms in total. The van der Waals surface area contributed by atoms with Gasteiger partial charge in [-0.25, -0.2) is 0 Å². The van der Waals surface area contributed by atoms with Crippen LogP contribution in [0.5, 0.6) is 0 Å². The Bertz CT molecular complexity index is 973. The third-order valence-electron chi connectivity index (χ3n) is 3.40. The molecular weight excluding hydrogens is 390 g/mol. The number of nitro benzene ring substituents is 1. The second kappa shape index (κ2) is 9.28. The number of non-ortho nitro benzene ring substituents is 1. The monoisotopic (exact) mass is 402 g/mol. The Balaban J connectivity index is 2.36. The number of amides is 2. The fourth-order valence-electron chi connectivity index (χ4n) is 2.14. The van der Waals surface area contributed by atoms with Gasteiger partial charge in [0.25, 0.3) is 17.5 Å². The summed E-state index contributed by atoms with van der Waals surface area (Å²) in [4.78, 5) is 45.6. The second-order valence-electron chi connectivity index (χ2n) is 5.40. The molecule has 0 atom stereocenters. The second-order valence-corrected chi connectivity index (χ2v) is 5.81. The Hall–Kier alpha value is -3.72. The number of carbonyl (C=O) groups is 3. The molecule has 0 fully saturated rings. The molecule has 0 radical (unpaired) electrons. The Morgan fingerprint density at radius 1 is 1.11 bits per heavy atom. The average molecular weight is 403 g/mol. The lowest BCUT2D eigenvalue weighted by molar-refractivity contribution is -0.384. The summed E-state index contributed by atoms with van der Waals surface area (Å²) in [6.45, 7) is -0.785. The number of hydrogen-bond donors (Lipinski definition) is 2. The molecule has 0 unspecified atom stereocenters. The third kappa shape index (κ3) is 5.64. The Kier molecular flexibility index (Phi) is 6.83. The molecule has 2 aromatic rings. The summed E-state index contributed by atoms with van der Waals surface area (Å²) in [7, 11) is 0. The van der Waals surface area contributed by atoms with Gasteiger partial charge in [-0.05, 0) is 23.8 Å². The highest BCUT2D eigenvalue weighted by Crippen LogP contribution is 2.17. The van der Waals surface area contributed by atoms with Crippen molar-refractivity contribution in [3.63, 3.8) is 0 Å². The lowest BCUT2D eigenvalue weighted by Gasteiger charge is -2.12. The van der Waals surface area contributed by atoms with Crippen LogP contribution in [0.15, 0.2) is 54.2 Å². The van der Waals surface area contributed by atoms with E-state index in [1.54, 1.807) is 12.1 Å². The van der Waals surface area contributed by atoms with Crippen LogP contribution in [0.4, 0.5) is 5.69 Å². The minimum Gasteiger partial charge on any atom is -0.548 e. The summed E-state index contributed by atoms with van der Waals surface area (Å²) in [6.07, 6.45) is 1.17. The van der Waals surface area contributed by atoms with E-state index >= 15 is 0 Å². The minimum absolute atomic E-state index is 0.0850. The van der Waals surface area contributed by atoms with Crippen LogP contribution in [0.3, 0.4) is 0 Å². The first-order chi connectivity index (χ1) is 13.3. The zero-order valence-corrected chi connectivity index (χ0v) is 14.9. The topological polar surface area (TPSA) is 141 Å². The van der Waals surface area contributed by atoms with Crippen LogP contribution in [0.1, 0.15) is 15.9 Å². The molecule has 2 aromatic carbocycles. The van der Waals surface area contributed by atoms with Crippen molar-refractivity contribution < 1.29 is 24.4 Å². The Morgan fingerprint density at radius 3 is 2.46 bits per heavy atom. The molecule has 2 N–H and O–H groups in total. The van der Waals surface area contributed by atoms with E-state index in [0.29, 0.717) is 0 Å². The molecule has 10 heteroatoms. The number of nitrogens with zero attached hydrogens (tertiary/aromatic N) is 1. The number of carboxylic acid groups (broad SMARTS) is 1. The molecule has 2 amide bonds. The van der Waals surface area contributed by atoms with Gasteiger partial charge >= 0.3 is 0 Å². The fourth-order valence-corrected chi connectivity index (χ4v) is 2.36. The number of carboxylic acids is 1. The summed E-state index contributed by atoms with van der Waals surface area (Å²) in [5.41, 5.74) is -0.221. The van der Waals surface area contributed by atoms with Crippen molar-refractivity contribution in [2.75, 3.05) is 6.54 Å². The van der Waals surface area contributed by atoms with Crippen LogP contribution in [0.2, 0.25) is 5.02 Å². The summed E-state index contributed by atoms with van der Waals surface area (Å²) in [5.74, 6) is -3.16. The molecule has 0 bridgehead atoms. The van der Waals surface area contributed by atoms with Crippen molar-refractivity contribution in [2.45, 2.75) is 0 Å². The maximum absolute atomic E-state index is 12.4. The summed E-state index contributed by atoms with van der Waals surface area (Å²) in [5, 5.41) is 26.0. The van der Waals surface area contributed by atoms with E-state index < -0.39 is 29.3 Å². The highest BCUT2D eigenvalue weighted by atomic mass is 35.5. The van der Waals surface area contributed by atoms with Crippen LogP contribution >= 0.6 is 11.6 Å². The highest BCUT2D eigenvalue weighted by molar-refractivity contribution is 6.34. The number of aliphatic carboxylic acids is 1. The largest absolute Gasteiger partial charge is 0.548 e. The highest BCUT2D eigenvalue weighted by Gasteiger charge is 2.17. The smallest absolute Gasteiger partial charge is 0.270 e. The lowest BCUT2D eigenvalue weighted by atomic mass is 10.1. The van der Waals surface area contributed by atoms with E-state index in [0.717, 1.165) is 0 Å². The quantitative estimate of drug-likeness (QED) is 0.400. The lowest BCUT2D eigenvalue weighted by Crippen LogP contribution is -2.41. The zero-order chi connectivity index (χ0) is 20.7. The number of nitrogens with one attached hydrogen (secondary N) is 2. The minimum atomic E-state index is -1.53. The molecule has 0 aliphatic carbocycles. The van der Waals surface area contributed by atoms with Crippen molar-refractivity contribution in [2.24, 2.45) is 0 Å². The zero-order valence-electron chi connectivity index (χ0n) is 14.2. The normalized spacial score (nSPS) is 10.8. The molecule has 0 spiro atoms. The van der Waals surface area contributed by atoms with Gasteiger partial charge in [0, 0.05) is 12.1 Å². The maximum Gasteiger partial charge on any atom is 0.270 e. The van der Waals surface area contributed by atoms with Gasteiger partial charge in [0.05, 0.1) is 28.0 Å². The molecule has 0 heterocycles. The van der Waals surface area contributed by atoms with Crippen molar-refractivity contribution in [1.29, 1.82) is 0 Å². The van der Waals surface area contributed by atoms with Crippen molar-refractivity contribution in [3.05, 3.63) is 80.5 Å². The van der Waals surface area contributed by atoms with Gasteiger partial charge in [-0.1, -0.05) is 35.9 Å². The molecule has 28 heavy (non-hydrogen) atoms. The number of rotatable bonds is 7. The molecule has 0 aromatic heterocycles. The van der Waals surface area contributed by atoms with Gasteiger partial charge in [-0.15, -0.1) is 0 Å². The molecule has 2 rings (SSSR count). The van der Waals surface area contributed by atoms with Gasteiger partial charge < -0.3 is 20.5 Å². The number of nitro groups is 1. The van der Waals surface area contributed by atoms with Crippen LogP contribution in [0, 0.1) is 10.1 Å². The van der Waals surface area contributed by atoms with Crippen LogP contribution in [0.25, 0.3) is 6.08 Å². The van der Waals surface area contributed by atoms with Crippen molar-refractivity contribution in [1.82, 2.24) is 10.6 Å². The standard InChI is InChI=1S/C18H14ClN3O6/c19-14-7-2-1-6-13(14)17(25)21-15(18(26)20-10-16(23)24)9-11-4-3-5-12(8-11)22(27)28/h1-9H,10H2,(H,20,26)(H,21,25)(H,23,24)/p-1/b15-9+. The number of benzene rings is 2. The van der Waals surface area contributed by atoms with E-state index in [-0.39, 0.29) is 27.5 Å². The Labute approximate surface area is 163 Å². The summed E-state index contributed by atoms with van der Waals surface area (Å²) >= 11 is 5.96. The van der Waals surface area contributed by atoms with Gasteiger partial charge in [-0.3, -0.25) is 19.7 Å². The molecular formula is C18H13ClN3O6-. The van der Waals surface area contributed by atoms with E-state index in [2.05, 4.69) is 10.6 Å². The third-order valence-corrected chi connectivity index (χ3v) is 3.73. The SMILES string of the molecule is O=C([O-])CNC(=O)/C(=C\c1cccc([N+](=O)[O-])c1)NC(=O)c1ccccc1Cl. The predicted octanol–water partition coefficient (Wildman–Crippen LogP) is 0.885. The summed E-state index contributed by atoms with van der Waals surface area (Å²) < 4.78 is 0. The first-order valence-electron chi connectivity index (χ1n) is 7.78. The molecule has 0 aliphatic heterocycles.